The monoisotopic (exact) mass is 654 g/mol. The molecule has 47 heavy (non-hydrogen) atoms. The summed E-state index contributed by atoms with van der Waals surface area (Å²) in [6.45, 7) is 4.96. The Balaban J connectivity index is 0.000000559. The largest absolute Gasteiger partial charge is 0.490 e. The van der Waals surface area contributed by atoms with E-state index >= 15 is 4.39 Å². The first-order chi connectivity index (χ1) is 22.5. The number of hydrogen-bond donors (Lipinski definition) is 4. The number of aliphatic carboxylic acids is 1. The molecule has 3 aromatic carbocycles. The lowest BCUT2D eigenvalue weighted by Gasteiger charge is -2.26. The number of alkyl halides is 3. The van der Waals surface area contributed by atoms with Crippen molar-refractivity contribution in [2.24, 2.45) is 7.05 Å². The molecule has 5 aromatic rings. The second-order valence-electron chi connectivity index (χ2n) is 10.4. The number of halogens is 4. The Morgan fingerprint density at radius 1 is 1.00 bits per heavy atom. The number of benzene rings is 3. The molecule has 1 saturated heterocycles. The number of hydrogen-bond acceptors (Lipinski definition) is 8. The number of ether oxygens (including phenoxy) is 1. The lowest BCUT2D eigenvalue weighted by atomic mass is 10.1. The van der Waals surface area contributed by atoms with Gasteiger partial charge < -0.3 is 25.8 Å². The molecule has 0 saturated carbocycles. The van der Waals surface area contributed by atoms with E-state index in [-0.39, 0.29) is 5.69 Å². The summed E-state index contributed by atoms with van der Waals surface area (Å²) in [4.78, 5) is 32.9. The van der Waals surface area contributed by atoms with Crippen LogP contribution in [-0.2, 0) is 16.6 Å². The number of carbonyl (C=O) groups excluding carboxylic acids is 1. The summed E-state index contributed by atoms with van der Waals surface area (Å²) in [7, 11) is 1.79. The Kier molecular flexibility index (Phi) is 10.1. The van der Waals surface area contributed by atoms with E-state index in [2.05, 4.69) is 35.9 Å². The van der Waals surface area contributed by atoms with E-state index in [1.807, 2.05) is 36.4 Å². The average Bonchev–Trinajstić information content (AvgIpc) is 3.37. The highest BCUT2D eigenvalue weighted by atomic mass is 19.4. The Labute approximate surface area is 265 Å². The summed E-state index contributed by atoms with van der Waals surface area (Å²) in [6, 6.07) is 17.5. The zero-order valence-corrected chi connectivity index (χ0v) is 25.0. The minimum Gasteiger partial charge on any atom is -0.475 e. The second-order valence-corrected chi connectivity index (χ2v) is 10.4. The molecule has 0 aliphatic carbocycles. The second kappa shape index (κ2) is 14.4. The van der Waals surface area contributed by atoms with E-state index < -0.39 is 24.0 Å². The van der Waals surface area contributed by atoms with Gasteiger partial charge in [-0.2, -0.15) is 23.3 Å². The van der Waals surface area contributed by atoms with Gasteiger partial charge in [-0.05, 0) is 35.0 Å². The molecule has 1 fully saturated rings. The number of carboxylic acid groups (broad SMARTS) is 1. The van der Waals surface area contributed by atoms with Crippen molar-refractivity contribution < 1.29 is 37.0 Å². The number of fused-ring (bicyclic) bond motifs is 2. The van der Waals surface area contributed by atoms with E-state index in [1.165, 1.54) is 12.1 Å². The Bertz CT molecular complexity index is 1890. The van der Waals surface area contributed by atoms with E-state index in [0.29, 0.717) is 40.5 Å². The lowest BCUT2D eigenvalue weighted by molar-refractivity contribution is -0.192. The molecule has 2 amide bonds. The summed E-state index contributed by atoms with van der Waals surface area (Å²) in [5.41, 5.74) is 2.42. The maximum Gasteiger partial charge on any atom is 0.490 e. The highest BCUT2D eigenvalue weighted by Gasteiger charge is 2.38. The maximum atomic E-state index is 15.1. The number of aromatic nitrogens is 4. The van der Waals surface area contributed by atoms with Gasteiger partial charge in [-0.25, -0.2) is 23.6 Å². The Morgan fingerprint density at radius 2 is 1.72 bits per heavy atom. The summed E-state index contributed by atoms with van der Waals surface area (Å²) in [5, 5.41) is 23.1. The van der Waals surface area contributed by atoms with Gasteiger partial charge in [0, 0.05) is 50.7 Å². The first-order valence-corrected chi connectivity index (χ1v) is 14.4. The molecule has 2 aromatic heterocycles. The van der Waals surface area contributed by atoms with Crippen molar-refractivity contribution in [1.29, 1.82) is 0 Å². The molecule has 0 bridgehead atoms. The van der Waals surface area contributed by atoms with Crippen molar-refractivity contribution in [2.75, 3.05) is 55.3 Å². The number of nitrogens with one attached hydrogen (secondary N) is 3. The third-order valence-electron chi connectivity index (χ3n) is 7.14. The highest BCUT2D eigenvalue weighted by Crippen LogP contribution is 2.29. The van der Waals surface area contributed by atoms with E-state index in [4.69, 9.17) is 14.6 Å². The minimum absolute atomic E-state index is 0.0604. The van der Waals surface area contributed by atoms with Gasteiger partial charge in [0.25, 0.3) is 0 Å². The van der Waals surface area contributed by atoms with Crippen molar-refractivity contribution >= 4 is 51.1 Å². The zero-order valence-electron chi connectivity index (χ0n) is 25.0. The number of carboxylic acids is 1. The van der Waals surface area contributed by atoms with Gasteiger partial charge in [-0.1, -0.05) is 36.4 Å². The zero-order chi connectivity index (χ0) is 33.6. The molecule has 16 heteroatoms. The number of carbonyl (C=O) groups is 2. The molecular formula is C31H30F4N8O4. The minimum atomic E-state index is -5.08. The lowest BCUT2D eigenvalue weighted by Crippen LogP contribution is -2.39. The van der Waals surface area contributed by atoms with E-state index in [1.54, 1.807) is 30.1 Å². The number of amides is 2. The fraction of sp³-hybridized carbons (Fsp3) is 0.258. The van der Waals surface area contributed by atoms with Gasteiger partial charge in [0.1, 0.15) is 11.5 Å². The van der Waals surface area contributed by atoms with Crippen molar-refractivity contribution in [2.45, 2.75) is 6.18 Å². The number of rotatable bonds is 7. The molecule has 246 valence electrons. The standard InChI is InChI=1S/C29H29FN8O2.C2HF3O2/c1-37-27-23(18-32-28(35-27)31-10-11-38-12-14-40-15-13-38)26(36-37)21-7-9-25(24(30)17-21)34-29(39)33-22-8-6-19-4-2-3-5-20(19)16-22;3-2(4,5)1(6)7/h2-9,16-18H,10-15H2,1H3,(H,31,32,35)(H2,33,34,39);(H,6,7). The van der Waals surface area contributed by atoms with Crippen LogP contribution in [0.15, 0.2) is 66.9 Å². The summed E-state index contributed by atoms with van der Waals surface area (Å²) < 4.78 is 53.9. The molecule has 12 nitrogen and oxygen atoms in total. The molecule has 0 unspecified atom stereocenters. The predicted octanol–water partition coefficient (Wildman–Crippen LogP) is 5.34. The van der Waals surface area contributed by atoms with Crippen LogP contribution in [0.1, 0.15) is 0 Å². The predicted molar refractivity (Wildman–Crippen MR) is 168 cm³/mol. The quantitative estimate of drug-likeness (QED) is 0.171. The smallest absolute Gasteiger partial charge is 0.475 e. The summed E-state index contributed by atoms with van der Waals surface area (Å²) >= 11 is 0. The van der Waals surface area contributed by atoms with Gasteiger partial charge in [0.15, 0.2) is 5.65 Å². The normalized spacial score (nSPS) is 13.6. The van der Waals surface area contributed by atoms with Crippen LogP contribution in [0.2, 0.25) is 0 Å². The molecule has 1 aliphatic rings. The topological polar surface area (TPSA) is 147 Å². The average molecular weight is 655 g/mol. The molecule has 0 atom stereocenters. The fourth-order valence-electron chi connectivity index (χ4n) is 4.80. The van der Waals surface area contributed by atoms with Crippen LogP contribution in [0.25, 0.3) is 33.1 Å². The maximum absolute atomic E-state index is 15.1. The first-order valence-electron chi connectivity index (χ1n) is 14.4. The van der Waals surface area contributed by atoms with Crippen LogP contribution >= 0.6 is 0 Å². The molecular weight excluding hydrogens is 624 g/mol. The molecule has 0 radical (unpaired) electrons. The van der Waals surface area contributed by atoms with Gasteiger partial charge in [-0.3, -0.25) is 4.90 Å². The van der Waals surface area contributed by atoms with E-state index in [0.717, 1.165) is 43.6 Å². The van der Waals surface area contributed by atoms with Gasteiger partial charge in [0.2, 0.25) is 5.95 Å². The first kappa shape index (κ1) is 33.0. The molecule has 1 aliphatic heterocycles. The van der Waals surface area contributed by atoms with Crippen molar-refractivity contribution in [1.82, 2.24) is 24.6 Å². The third kappa shape index (κ3) is 8.47. The van der Waals surface area contributed by atoms with Gasteiger partial charge in [0.05, 0.1) is 24.3 Å². The van der Waals surface area contributed by atoms with Crippen LogP contribution in [0.3, 0.4) is 0 Å². The number of aryl methyl sites for hydroxylation is 1. The Morgan fingerprint density at radius 3 is 2.43 bits per heavy atom. The van der Waals surface area contributed by atoms with Crippen LogP contribution in [0.4, 0.5) is 39.7 Å². The van der Waals surface area contributed by atoms with Crippen LogP contribution in [0.5, 0.6) is 0 Å². The van der Waals surface area contributed by atoms with Gasteiger partial charge >= 0.3 is 18.2 Å². The molecule has 6 rings (SSSR count). The highest BCUT2D eigenvalue weighted by molar-refractivity contribution is 6.01. The number of anilines is 3. The number of morpholine rings is 1. The molecule has 4 N–H and O–H groups in total. The summed E-state index contributed by atoms with van der Waals surface area (Å²) in [6.07, 6.45) is -3.39. The number of urea groups is 1. The molecule has 0 spiro atoms. The van der Waals surface area contributed by atoms with E-state index in [9.17, 15) is 18.0 Å². The van der Waals surface area contributed by atoms with Crippen molar-refractivity contribution in [3.05, 3.63) is 72.7 Å². The fourth-order valence-corrected chi connectivity index (χ4v) is 4.80. The molecule has 3 heterocycles. The van der Waals surface area contributed by atoms with Gasteiger partial charge in [-0.15, -0.1) is 0 Å². The summed E-state index contributed by atoms with van der Waals surface area (Å²) in [5.74, 6) is -2.82. The Hall–Kier alpha value is -5.35. The van der Waals surface area contributed by atoms with Crippen molar-refractivity contribution in [3.8, 4) is 11.3 Å². The SMILES string of the molecule is Cn1nc(-c2ccc(NC(=O)Nc3ccc4ccccc4c3)c(F)c2)c2cnc(NCCN3CCOCC3)nc21.O=C(O)C(F)(F)F. The van der Waals surface area contributed by atoms with Crippen LogP contribution < -0.4 is 16.0 Å². The van der Waals surface area contributed by atoms with Crippen LogP contribution in [-0.4, -0.2) is 87.3 Å². The number of nitrogens with zero attached hydrogens (tertiary/aromatic N) is 5. The van der Waals surface area contributed by atoms with Crippen LogP contribution in [0, 0.1) is 5.82 Å². The third-order valence-corrected chi connectivity index (χ3v) is 7.14. The van der Waals surface area contributed by atoms with Crippen molar-refractivity contribution in [3.63, 3.8) is 0 Å².